The van der Waals surface area contributed by atoms with E-state index in [1.807, 2.05) is 26.2 Å². The number of thiophene rings is 1. The summed E-state index contributed by atoms with van der Waals surface area (Å²) in [5, 5.41) is 5.42. The molecule has 0 radical (unpaired) electrons. The highest BCUT2D eigenvalue weighted by Crippen LogP contribution is 2.07. The highest BCUT2D eigenvalue weighted by atomic mass is 32.1. The third kappa shape index (κ3) is 3.11. The van der Waals surface area contributed by atoms with Gasteiger partial charge in [0.15, 0.2) is 0 Å². The molecule has 1 N–H and O–H groups in total. The molecular weight excluding hydrogens is 246 g/mol. The van der Waals surface area contributed by atoms with Crippen molar-refractivity contribution in [3.05, 3.63) is 45.3 Å². The van der Waals surface area contributed by atoms with E-state index < -0.39 is 0 Å². The topological polar surface area (TPSA) is 39.0 Å². The van der Waals surface area contributed by atoms with Crippen LogP contribution in [0.3, 0.4) is 0 Å². The lowest BCUT2D eigenvalue weighted by Gasteiger charge is -2.05. The molecule has 4 nitrogen and oxygen atoms in total. The molecule has 0 fully saturated rings. The number of hydrogen-bond donors (Lipinski definition) is 1. The summed E-state index contributed by atoms with van der Waals surface area (Å²) in [7, 11) is 0. The first-order chi connectivity index (χ1) is 8.68. The van der Waals surface area contributed by atoms with E-state index in [2.05, 4.69) is 22.8 Å². The smallest absolute Gasteiger partial charge is 0.310 e. The number of nitrogens with zero attached hydrogens (tertiary/aromatic N) is 2. The molecule has 0 aliphatic heterocycles. The zero-order chi connectivity index (χ0) is 13.0. The van der Waals surface area contributed by atoms with Crippen LogP contribution in [0.1, 0.15) is 24.8 Å². The second-order valence-electron chi connectivity index (χ2n) is 4.53. The Hall–Kier alpha value is -1.33. The van der Waals surface area contributed by atoms with Gasteiger partial charge in [0.1, 0.15) is 0 Å². The summed E-state index contributed by atoms with van der Waals surface area (Å²) >= 11 is 1.75. The fourth-order valence-electron chi connectivity index (χ4n) is 1.82. The largest absolute Gasteiger partial charge is 0.328 e. The van der Waals surface area contributed by atoms with Gasteiger partial charge >= 0.3 is 5.69 Å². The van der Waals surface area contributed by atoms with Gasteiger partial charge in [-0.15, -0.1) is 11.3 Å². The van der Waals surface area contributed by atoms with E-state index in [0.717, 1.165) is 13.1 Å². The molecule has 2 rings (SSSR count). The lowest BCUT2D eigenvalue weighted by atomic mass is 10.4. The van der Waals surface area contributed by atoms with Crippen LogP contribution in [-0.4, -0.2) is 15.7 Å². The zero-order valence-electron chi connectivity index (χ0n) is 10.8. The van der Waals surface area contributed by atoms with E-state index in [9.17, 15) is 4.79 Å². The molecule has 2 aromatic rings. The maximum Gasteiger partial charge on any atom is 0.328 e. The van der Waals surface area contributed by atoms with Crippen LogP contribution in [0.2, 0.25) is 0 Å². The highest BCUT2D eigenvalue weighted by molar-refractivity contribution is 7.09. The quantitative estimate of drug-likeness (QED) is 0.812. The molecule has 0 spiro atoms. The van der Waals surface area contributed by atoms with Crippen LogP contribution in [0.5, 0.6) is 0 Å². The molecule has 5 heteroatoms. The summed E-state index contributed by atoms with van der Waals surface area (Å²) in [5.74, 6) is 0. The van der Waals surface area contributed by atoms with Crippen molar-refractivity contribution in [2.45, 2.75) is 33.0 Å². The van der Waals surface area contributed by atoms with E-state index in [0.29, 0.717) is 6.54 Å². The zero-order valence-corrected chi connectivity index (χ0v) is 11.6. The fraction of sp³-hybridized carbons (Fsp3) is 0.462. The van der Waals surface area contributed by atoms with E-state index in [1.54, 1.807) is 20.5 Å². The first-order valence-electron chi connectivity index (χ1n) is 6.19. The normalized spacial score (nSPS) is 11.3. The van der Waals surface area contributed by atoms with Gasteiger partial charge in [-0.3, -0.25) is 9.13 Å². The molecule has 0 atom stereocenters. The molecule has 0 aromatic carbocycles. The maximum absolute atomic E-state index is 11.9. The number of hydrogen-bond acceptors (Lipinski definition) is 3. The highest BCUT2D eigenvalue weighted by Gasteiger charge is 2.05. The molecule has 0 aliphatic rings. The Labute approximate surface area is 111 Å². The van der Waals surface area contributed by atoms with Crippen molar-refractivity contribution in [1.82, 2.24) is 14.5 Å². The van der Waals surface area contributed by atoms with Crippen molar-refractivity contribution in [2.24, 2.45) is 0 Å². The minimum absolute atomic E-state index is 0.0722. The third-order valence-electron chi connectivity index (χ3n) is 2.84. The van der Waals surface area contributed by atoms with Gasteiger partial charge in [-0.2, -0.15) is 0 Å². The average Bonchev–Trinajstić information content (AvgIpc) is 2.95. The Kier molecular flexibility index (Phi) is 4.38. The first-order valence-corrected chi connectivity index (χ1v) is 7.07. The van der Waals surface area contributed by atoms with E-state index in [-0.39, 0.29) is 11.7 Å². The summed E-state index contributed by atoms with van der Waals surface area (Å²) in [6, 6.07) is 4.38. The van der Waals surface area contributed by atoms with Gasteiger partial charge in [0.05, 0.1) is 0 Å². The first kappa shape index (κ1) is 13.1. The minimum atomic E-state index is 0.0722. The summed E-state index contributed by atoms with van der Waals surface area (Å²) < 4.78 is 3.50. The lowest BCUT2D eigenvalue weighted by molar-refractivity contribution is 0.536. The second-order valence-corrected chi connectivity index (χ2v) is 5.56. The van der Waals surface area contributed by atoms with Gasteiger partial charge in [0, 0.05) is 42.9 Å². The van der Waals surface area contributed by atoms with Crippen LogP contribution >= 0.6 is 11.3 Å². The van der Waals surface area contributed by atoms with Crippen LogP contribution in [0.4, 0.5) is 0 Å². The van der Waals surface area contributed by atoms with Crippen molar-refractivity contribution >= 4 is 11.3 Å². The molecular formula is C13H19N3OS. The van der Waals surface area contributed by atoms with E-state index >= 15 is 0 Å². The average molecular weight is 265 g/mol. The van der Waals surface area contributed by atoms with Gasteiger partial charge in [-0.1, -0.05) is 6.07 Å². The summed E-state index contributed by atoms with van der Waals surface area (Å²) in [6.45, 7) is 6.42. The number of rotatable bonds is 6. The van der Waals surface area contributed by atoms with Crippen molar-refractivity contribution in [3.63, 3.8) is 0 Å². The van der Waals surface area contributed by atoms with Gasteiger partial charge in [-0.05, 0) is 25.3 Å². The van der Waals surface area contributed by atoms with Crippen molar-refractivity contribution < 1.29 is 0 Å². The standard InChI is InChI=1S/C13H19N3OS/c1-11(2)16-8-7-15(13(16)17)6-5-14-10-12-4-3-9-18-12/h3-4,7-9,11,14H,5-6,10H2,1-2H3. The summed E-state index contributed by atoms with van der Waals surface area (Å²) in [4.78, 5) is 13.3. The number of imidazole rings is 1. The minimum Gasteiger partial charge on any atom is -0.310 e. The SMILES string of the molecule is CC(C)n1ccn(CCNCc2cccs2)c1=O. The van der Waals surface area contributed by atoms with Gasteiger partial charge in [0.2, 0.25) is 0 Å². The fourth-order valence-corrected chi connectivity index (χ4v) is 2.49. The Morgan fingerprint density at radius 1 is 1.39 bits per heavy atom. The molecule has 0 aliphatic carbocycles. The molecule has 2 aromatic heterocycles. The molecule has 98 valence electrons. The van der Waals surface area contributed by atoms with Crippen molar-refractivity contribution in [2.75, 3.05) is 6.54 Å². The molecule has 0 saturated heterocycles. The molecule has 2 heterocycles. The second kappa shape index (κ2) is 6.02. The van der Waals surface area contributed by atoms with Crippen LogP contribution in [0.15, 0.2) is 34.7 Å². The van der Waals surface area contributed by atoms with Gasteiger partial charge < -0.3 is 5.32 Å². The predicted octanol–water partition coefficient (Wildman–Crippen LogP) is 2.08. The van der Waals surface area contributed by atoms with Crippen LogP contribution < -0.4 is 11.0 Å². The maximum atomic E-state index is 11.9. The van der Waals surface area contributed by atoms with Crippen LogP contribution in [0, 0.1) is 0 Å². The van der Waals surface area contributed by atoms with Crippen molar-refractivity contribution in [1.29, 1.82) is 0 Å². The number of aromatic nitrogens is 2. The van der Waals surface area contributed by atoms with Gasteiger partial charge in [0.25, 0.3) is 0 Å². The summed E-state index contributed by atoms with van der Waals surface area (Å²) in [5.41, 5.74) is 0.0722. The Balaban J connectivity index is 1.82. The Morgan fingerprint density at radius 3 is 2.83 bits per heavy atom. The third-order valence-corrected chi connectivity index (χ3v) is 3.72. The van der Waals surface area contributed by atoms with Crippen LogP contribution in [-0.2, 0) is 13.1 Å². The predicted molar refractivity (Wildman–Crippen MR) is 75.1 cm³/mol. The monoisotopic (exact) mass is 265 g/mol. The molecule has 0 unspecified atom stereocenters. The lowest BCUT2D eigenvalue weighted by Crippen LogP contribution is -2.29. The molecule has 0 saturated carbocycles. The summed E-state index contributed by atoms with van der Waals surface area (Å²) in [6.07, 6.45) is 3.71. The molecule has 0 bridgehead atoms. The number of nitrogens with one attached hydrogen (secondary N) is 1. The van der Waals surface area contributed by atoms with E-state index in [1.165, 1.54) is 4.88 Å². The molecule has 0 amide bonds. The van der Waals surface area contributed by atoms with E-state index in [4.69, 9.17) is 0 Å². The van der Waals surface area contributed by atoms with Crippen molar-refractivity contribution in [3.8, 4) is 0 Å². The molecule has 18 heavy (non-hydrogen) atoms. The Morgan fingerprint density at radius 2 is 2.22 bits per heavy atom. The Bertz CT molecular complexity index is 525. The van der Waals surface area contributed by atoms with Crippen LogP contribution in [0.25, 0.3) is 0 Å². The van der Waals surface area contributed by atoms with Gasteiger partial charge in [-0.25, -0.2) is 4.79 Å².